The van der Waals surface area contributed by atoms with Crippen molar-refractivity contribution in [2.45, 2.75) is 43.3 Å². The highest BCUT2D eigenvalue weighted by molar-refractivity contribution is 7.99. The first-order valence-electron chi connectivity index (χ1n) is 6.86. The fraction of sp³-hybridized carbons (Fsp3) is 0.538. The summed E-state index contributed by atoms with van der Waals surface area (Å²) in [5.41, 5.74) is 0. The first-order chi connectivity index (χ1) is 9.72. The average molecular weight is 292 g/mol. The van der Waals surface area contributed by atoms with Gasteiger partial charge in [-0.1, -0.05) is 13.8 Å². The number of hydrogen-bond donors (Lipinski definition) is 1. The minimum absolute atomic E-state index is 0.826. The predicted octanol–water partition coefficient (Wildman–Crippen LogP) is 2.53. The van der Waals surface area contributed by atoms with Crippen LogP contribution in [0.15, 0.2) is 22.6 Å². The summed E-state index contributed by atoms with van der Waals surface area (Å²) in [7, 11) is 1.92. The van der Waals surface area contributed by atoms with Crippen LogP contribution in [-0.2, 0) is 13.5 Å². The lowest BCUT2D eigenvalue weighted by Gasteiger charge is -2.08. The van der Waals surface area contributed by atoms with Crippen molar-refractivity contribution in [2.75, 3.05) is 11.9 Å². The molecule has 7 heteroatoms. The van der Waals surface area contributed by atoms with Gasteiger partial charge in [0.1, 0.15) is 23.0 Å². The number of hydrogen-bond acceptors (Lipinski definition) is 6. The van der Waals surface area contributed by atoms with Crippen molar-refractivity contribution in [1.29, 1.82) is 0 Å². The molecule has 0 aliphatic rings. The summed E-state index contributed by atoms with van der Waals surface area (Å²) >= 11 is 1.51. The maximum absolute atomic E-state index is 4.58. The maximum atomic E-state index is 4.58. The Labute approximate surface area is 123 Å². The topological polar surface area (TPSA) is 68.5 Å². The first-order valence-corrected chi connectivity index (χ1v) is 7.68. The van der Waals surface area contributed by atoms with E-state index in [0.717, 1.165) is 47.6 Å². The molecule has 0 saturated heterocycles. The molecule has 0 spiro atoms. The highest BCUT2D eigenvalue weighted by Gasteiger charge is 2.09. The number of aromatic nitrogens is 5. The van der Waals surface area contributed by atoms with E-state index >= 15 is 0 Å². The highest BCUT2D eigenvalue weighted by Crippen LogP contribution is 2.25. The van der Waals surface area contributed by atoms with Gasteiger partial charge in [0.25, 0.3) is 0 Å². The summed E-state index contributed by atoms with van der Waals surface area (Å²) in [6, 6.07) is 1.97. The molecule has 2 aromatic heterocycles. The molecule has 1 N–H and O–H groups in total. The standard InChI is InChI=1S/C13H20N6S/c1-4-6-10-16-11(14-7-5-2)8-12(17-10)20-13-18-15-9-19(13)3/h8-9H,4-7H2,1-3H3,(H,14,16,17). The second-order valence-corrected chi connectivity index (χ2v) is 5.50. The van der Waals surface area contributed by atoms with Crippen molar-refractivity contribution < 1.29 is 0 Å². The zero-order valence-electron chi connectivity index (χ0n) is 12.1. The lowest BCUT2D eigenvalue weighted by Crippen LogP contribution is -2.06. The highest BCUT2D eigenvalue weighted by atomic mass is 32.2. The van der Waals surface area contributed by atoms with Crippen LogP contribution < -0.4 is 5.32 Å². The maximum Gasteiger partial charge on any atom is 0.197 e. The van der Waals surface area contributed by atoms with Gasteiger partial charge in [-0.05, 0) is 24.6 Å². The SMILES string of the molecule is CCCNc1cc(Sc2nncn2C)nc(CCC)n1. The molecule has 0 amide bonds. The second kappa shape index (κ2) is 7.23. The zero-order chi connectivity index (χ0) is 14.4. The smallest absolute Gasteiger partial charge is 0.197 e. The Bertz CT molecular complexity index is 554. The van der Waals surface area contributed by atoms with Gasteiger partial charge in [0.15, 0.2) is 5.16 Å². The molecule has 0 bridgehead atoms. The molecule has 0 aliphatic heterocycles. The van der Waals surface area contributed by atoms with E-state index in [4.69, 9.17) is 0 Å². The molecule has 108 valence electrons. The quantitative estimate of drug-likeness (QED) is 0.791. The van der Waals surface area contributed by atoms with Gasteiger partial charge in [0, 0.05) is 26.1 Å². The van der Waals surface area contributed by atoms with E-state index in [0.29, 0.717) is 0 Å². The van der Waals surface area contributed by atoms with E-state index in [-0.39, 0.29) is 0 Å². The van der Waals surface area contributed by atoms with Gasteiger partial charge in [-0.25, -0.2) is 9.97 Å². The molecule has 2 rings (SSSR count). The molecule has 0 radical (unpaired) electrons. The molecule has 2 heterocycles. The Morgan fingerprint density at radius 1 is 1.25 bits per heavy atom. The van der Waals surface area contributed by atoms with Gasteiger partial charge < -0.3 is 9.88 Å². The van der Waals surface area contributed by atoms with Crippen LogP contribution in [0.2, 0.25) is 0 Å². The van der Waals surface area contributed by atoms with Crippen LogP contribution in [0, 0.1) is 0 Å². The van der Waals surface area contributed by atoms with Gasteiger partial charge in [0.05, 0.1) is 0 Å². The summed E-state index contributed by atoms with van der Waals surface area (Å²) < 4.78 is 1.88. The molecule has 0 aliphatic carbocycles. The van der Waals surface area contributed by atoms with E-state index < -0.39 is 0 Å². The van der Waals surface area contributed by atoms with Crippen LogP contribution in [0.3, 0.4) is 0 Å². The number of nitrogens with zero attached hydrogens (tertiary/aromatic N) is 5. The van der Waals surface area contributed by atoms with E-state index in [2.05, 4.69) is 39.3 Å². The Morgan fingerprint density at radius 3 is 2.75 bits per heavy atom. The van der Waals surface area contributed by atoms with Crippen molar-refractivity contribution in [2.24, 2.45) is 7.05 Å². The molecule has 2 aromatic rings. The van der Waals surface area contributed by atoms with E-state index in [1.807, 2.05) is 17.7 Å². The Hall–Kier alpha value is -1.63. The fourth-order valence-corrected chi connectivity index (χ4v) is 2.45. The van der Waals surface area contributed by atoms with Gasteiger partial charge in [-0.3, -0.25) is 0 Å². The van der Waals surface area contributed by atoms with Crippen molar-refractivity contribution in [3.8, 4) is 0 Å². The van der Waals surface area contributed by atoms with Crippen molar-refractivity contribution in [1.82, 2.24) is 24.7 Å². The minimum Gasteiger partial charge on any atom is -0.370 e. The van der Waals surface area contributed by atoms with Crippen molar-refractivity contribution in [3.05, 3.63) is 18.2 Å². The summed E-state index contributed by atoms with van der Waals surface area (Å²) in [6.45, 7) is 5.18. The Kier molecular flexibility index (Phi) is 5.34. The summed E-state index contributed by atoms with van der Waals surface area (Å²) in [4.78, 5) is 9.11. The lowest BCUT2D eigenvalue weighted by atomic mass is 10.3. The summed E-state index contributed by atoms with van der Waals surface area (Å²) in [5.74, 6) is 1.76. The van der Waals surface area contributed by atoms with Gasteiger partial charge >= 0.3 is 0 Å². The molecular weight excluding hydrogens is 272 g/mol. The van der Waals surface area contributed by atoms with E-state index in [1.165, 1.54) is 11.8 Å². The van der Waals surface area contributed by atoms with Gasteiger partial charge in [-0.2, -0.15) is 0 Å². The van der Waals surface area contributed by atoms with Crippen LogP contribution in [0.25, 0.3) is 0 Å². The van der Waals surface area contributed by atoms with Crippen LogP contribution in [0.5, 0.6) is 0 Å². The van der Waals surface area contributed by atoms with Crippen LogP contribution >= 0.6 is 11.8 Å². The molecule has 0 saturated carbocycles. The summed E-state index contributed by atoms with van der Waals surface area (Å²) in [5, 5.41) is 13.0. The second-order valence-electron chi connectivity index (χ2n) is 4.51. The molecule has 6 nitrogen and oxygen atoms in total. The van der Waals surface area contributed by atoms with Gasteiger partial charge in [-0.15, -0.1) is 10.2 Å². The molecular formula is C13H20N6S. The molecule has 20 heavy (non-hydrogen) atoms. The molecule has 0 fully saturated rings. The number of rotatable bonds is 7. The molecule has 0 unspecified atom stereocenters. The van der Waals surface area contributed by atoms with Gasteiger partial charge in [0.2, 0.25) is 0 Å². The third kappa shape index (κ3) is 3.93. The molecule has 0 atom stereocenters. The van der Waals surface area contributed by atoms with E-state index in [1.54, 1.807) is 6.33 Å². The van der Waals surface area contributed by atoms with Crippen LogP contribution in [0.1, 0.15) is 32.5 Å². The number of anilines is 1. The van der Waals surface area contributed by atoms with Crippen molar-refractivity contribution in [3.63, 3.8) is 0 Å². The molecule has 0 aromatic carbocycles. The fourth-order valence-electron chi connectivity index (χ4n) is 1.66. The zero-order valence-corrected chi connectivity index (χ0v) is 12.9. The summed E-state index contributed by atoms with van der Waals surface area (Å²) in [6.07, 6.45) is 4.67. The van der Waals surface area contributed by atoms with Crippen LogP contribution in [-0.4, -0.2) is 31.3 Å². The lowest BCUT2D eigenvalue weighted by molar-refractivity contribution is 0.780. The third-order valence-corrected chi connectivity index (χ3v) is 3.61. The largest absolute Gasteiger partial charge is 0.370 e. The van der Waals surface area contributed by atoms with Crippen molar-refractivity contribution >= 4 is 17.6 Å². The number of nitrogens with one attached hydrogen (secondary N) is 1. The van der Waals surface area contributed by atoms with Crippen LogP contribution in [0.4, 0.5) is 5.82 Å². The monoisotopic (exact) mass is 292 g/mol. The Balaban J connectivity index is 2.21. The number of aryl methyl sites for hydroxylation is 2. The third-order valence-electron chi connectivity index (χ3n) is 2.64. The first kappa shape index (κ1) is 14.8. The van der Waals surface area contributed by atoms with E-state index in [9.17, 15) is 0 Å². The normalized spacial score (nSPS) is 10.8. The minimum atomic E-state index is 0.826. The predicted molar refractivity (Wildman–Crippen MR) is 79.9 cm³/mol. The average Bonchev–Trinajstić information content (AvgIpc) is 2.82. The Morgan fingerprint density at radius 2 is 2.10 bits per heavy atom.